The third-order valence-electron chi connectivity index (χ3n) is 4.10. The number of rotatable bonds is 9. The van der Waals surface area contributed by atoms with E-state index in [1.165, 1.54) is 17.8 Å². The van der Waals surface area contributed by atoms with Gasteiger partial charge in [0.15, 0.2) is 5.09 Å². The number of hydrogen-bond acceptors (Lipinski definition) is 5. The zero-order chi connectivity index (χ0) is 20.0. The van der Waals surface area contributed by atoms with E-state index in [1.54, 1.807) is 0 Å². The van der Waals surface area contributed by atoms with E-state index in [0.717, 1.165) is 44.4 Å². The first kappa shape index (κ1) is 21.1. The highest BCUT2D eigenvalue weighted by Gasteiger charge is 2.25. The van der Waals surface area contributed by atoms with Crippen molar-refractivity contribution in [2.75, 3.05) is 6.61 Å². The van der Waals surface area contributed by atoms with Crippen molar-refractivity contribution < 1.29 is 19.4 Å². The summed E-state index contributed by atoms with van der Waals surface area (Å²) in [6.07, 6.45) is 3.93. The van der Waals surface area contributed by atoms with Crippen LogP contribution in [0.1, 0.15) is 43.0 Å². The molecule has 6 heteroatoms. The Morgan fingerprint density at radius 2 is 2.26 bits per heavy atom. The summed E-state index contributed by atoms with van der Waals surface area (Å²) in [6.45, 7) is 14.3. The molecule has 0 radical (unpaired) electrons. The first-order chi connectivity index (χ1) is 12.9. The van der Waals surface area contributed by atoms with E-state index in [4.69, 9.17) is 9.47 Å². The maximum absolute atomic E-state index is 11.6. The number of benzene rings is 1. The van der Waals surface area contributed by atoms with Gasteiger partial charge in [0.1, 0.15) is 5.75 Å². The summed E-state index contributed by atoms with van der Waals surface area (Å²) in [5.41, 5.74) is 3.49. The predicted molar refractivity (Wildman–Crippen MR) is 110 cm³/mol. The maximum Gasteiger partial charge on any atom is 0.243 e. The maximum atomic E-state index is 11.6. The van der Waals surface area contributed by atoms with Crippen LogP contribution < -0.4 is 10.1 Å². The SMILES string of the molecule is C=CC(=O)NCc1cc(C(=C)S/C(=C\C)OC(C)C)c2c(c1CO)CCO2. The highest BCUT2D eigenvalue weighted by atomic mass is 32.2. The summed E-state index contributed by atoms with van der Waals surface area (Å²) in [5.74, 6) is 0.502. The number of aliphatic hydroxyl groups excluding tert-OH is 1. The zero-order valence-corrected chi connectivity index (χ0v) is 16.9. The molecule has 0 spiro atoms. The lowest BCUT2D eigenvalue weighted by Gasteiger charge is -2.19. The number of amides is 1. The average Bonchev–Trinajstić information content (AvgIpc) is 3.13. The molecule has 0 atom stereocenters. The molecular weight excluding hydrogens is 362 g/mol. The standard InChI is InChI=1S/C21H27NO4S/c1-6-19(24)22-11-15-10-17(14(5)27-20(7-2)26-13(3)4)21-16(8-9-25-21)18(15)12-23/h6-7,10,13,23H,1,5,8-9,11-12H2,2-4H3,(H,22,24)/b20-7-. The van der Waals surface area contributed by atoms with Crippen molar-refractivity contribution in [3.63, 3.8) is 0 Å². The molecule has 2 N–H and O–H groups in total. The number of nitrogens with one attached hydrogen (secondary N) is 1. The quantitative estimate of drug-likeness (QED) is 0.495. The van der Waals surface area contributed by atoms with Gasteiger partial charge in [-0.15, -0.1) is 0 Å². The van der Waals surface area contributed by atoms with E-state index in [2.05, 4.69) is 18.5 Å². The van der Waals surface area contributed by atoms with E-state index in [-0.39, 0.29) is 18.6 Å². The van der Waals surface area contributed by atoms with E-state index < -0.39 is 0 Å². The highest BCUT2D eigenvalue weighted by Crippen LogP contribution is 2.43. The first-order valence-electron chi connectivity index (χ1n) is 8.92. The minimum absolute atomic E-state index is 0.0694. The molecule has 0 saturated carbocycles. The Balaban J connectivity index is 2.37. The first-order valence-corrected chi connectivity index (χ1v) is 9.74. The molecule has 27 heavy (non-hydrogen) atoms. The van der Waals surface area contributed by atoms with Crippen molar-refractivity contribution in [3.8, 4) is 5.75 Å². The molecule has 1 aromatic carbocycles. The number of carbonyl (C=O) groups is 1. The molecule has 5 nitrogen and oxygen atoms in total. The molecule has 1 aromatic rings. The Morgan fingerprint density at radius 3 is 2.85 bits per heavy atom. The Labute approximate surface area is 165 Å². The Morgan fingerprint density at radius 1 is 1.52 bits per heavy atom. The molecule has 0 fully saturated rings. The predicted octanol–water partition coefficient (Wildman–Crippen LogP) is 3.91. The largest absolute Gasteiger partial charge is 0.492 e. The van der Waals surface area contributed by atoms with Crippen molar-refractivity contribution in [2.45, 2.75) is 46.4 Å². The lowest BCUT2D eigenvalue weighted by atomic mass is 9.95. The van der Waals surface area contributed by atoms with Crippen LogP contribution in [0.25, 0.3) is 4.91 Å². The smallest absolute Gasteiger partial charge is 0.243 e. The lowest BCUT2D eigenvalue weighted by molar-refractivity contribution is -0.116. The van der Waals surface area contributed by atoms with Crippen molar-refractivity contribution in [1.29, 1.82) is 0 Å². The summed E-state index contributed by atoms with van der Waals surface area (Å²) in [6, 6.07) is 1.93. The summed E-state index contributed by atoms with van der Waals surface area (Å²) in [7, 11) is 0. The highest BCUT2D eigenvalue weighted by molar-refractivity contribution is 8.11. The molecule has 0 saturated heterocycles. The zero-order valence-electron chi connectivity index (χ0n) is 16.1. The summed E-state index contributed by atoms with van der Waals surface area (Å²) >= 11 is 1.44. The summed E-state index contributed by atoms with van der Waals surface area (Å²) in [4.78, 5) is 12.4. The number of carbonyl (C=O) groups excluding carboxylic acids is 1. The van der Waals surface area contributed by atoms with E-state index in [0.29, 0.717) is 13.2 Å². The molecule has 0 aromatic heterocycles. The normalized spacial score (nSPS) is 13.1. The molecule has 146 valence electrons. The van der Waals surface area contributed by atoms with Crippen LogP contribution in [0.2, 0.25) is 0 Å². The molecule has 1 aliphatic rings. The molecule has 1 amide bonds. The number of thioether (sulfide) groups is 1. The van der Waals surface area contributed by atoms with Gasteiger partial charge in [0.25, 0.3) is 0 Å². The molecule has 2 rings (SSSR count). The summed E-state index contributed by atoms with van der Waals surface area (Å²) in [5, 5.41) is 13.4. The average molecular weight is 390 g/mol. The van der Waals surface area contributed by atoms with Crippen LogP contribution in [0.5, 0.6) is 5.75 Å². The Hall–Kier alpha value is -2.18. The summed E-state index contributed by atoms with van der Waals surface area (Å²) < 4.78 is 11.6. The van der Waals surface area contributed by atoms with Gasteiger partial charge in [0, 0.05) is 29.0 Å². The van der Waals surface area contributed by atoms with Crippen LogP contribution in [-0.2, 0) is 29.1 Å². The van der Waals surface area contributed by atoms with Gasteiger partial charge in [-0.25, -0.2) is 0 Å². The molecule has 0 bridgehead atoms. The lowest BCUT2D eigenvalue weighted by Crippen LogP contribution is -2.21. The van der Waals surface area contributed by atoms with Crippen molar-refractivity contribution in [3.05, 3.63) is 58.7 Å². The van der Waals surface area contributed by atoms with Crippen molar-refractivity contribution >= 4 is 22.6 Å². The monoisotopic (exact) mass is 389 g/mol. The molecular formula is C21H27NO4S. The van der Waals surface area contributed by atoms with Gasteiger partial charge in [-0.1, -0.05) is 24.9 Å². The Kier molecular flexibility index (Phi) is 7.56. The second-order valence-electron chi connectivity index (χ2n) is 6.35. The van der Waals surface area contributed by atoms with Crippen LogP contribution in [0.4, 0.5) is 0 Å². The van der Waals surface area contributed by atoms with Crippen LogP contribution in [0.3, 0.4) is 0 Å². The van der Waals surface area contributed by atoms with Gasteiger partial charge in [0.2, 0.25) is 5.91 Å². The fourth-order valence-electron chi connectivity index (χ4n) is 2.88. The fraction of sp³-hybridized carbons (Fsp3) is 0.381. The van der Waals surface area contributed by atoms with Gasteiger partial charge < -0.3 is 19.9 Å². The van der Waals surface area contributed by atoms with E-state index in [9.17, 15) is 9.90 Å². The van der Waals surface area contributed by atoms with E-state index >= 15 is 0 Å². The van der Waals surface area contributed by atoms with Gasteiger partial charge in [-0.3, -0.25) is 4.79 Å². The van der Waals surface area contributed by atoms with Gasteiger partial charge >= 0.3 is 0 Å². The number of ether oxygens (including phenoxy) is 2. The van der Waals surface area contributed by atoms with Crippen LogP contribution in [-0.4, -0.2) is 23.7 Å². The molecule has 1 aliphatic heterocycles. The van der Waals surface area contributed by atoms with Crippen LogP contribution in [0, 0.1) is 0 Å². The van der Waals surface area contributed by atoms with E-state index in [1.807, 2.05) is 32.9 Å². The number of aliphatic hydroxyl groups is 1. The topological polar surface area (TPSA) is 67.8 Å². The minimum atomic E-state index is -0.257. The number of allylic oxidation sites excluding steroid dienone is 1. The molecule has 1 heterocycles. The number of fused-ring (bicyclic) bond motifs is 1. The minimum Gasteiger partial charge on any atom is -0.492 e. The van der Waals surface area contributed by atoms with Crippen molar-refractivity contribution in [1.82, 2.24) is 5.32 Å². The van der Waals surface area contributed by atoms with Crippen molar-refractivity contribution in [2.24, 2.45) is 0 Å². The Bertz CT molecular complexity index is 768. The number of hydrogen-bond donors (Lipinski definition) is 2. The van der Waals surface area contributed by atoms with Crippen LogP contribution in [0.15, 0.2) is 36.5 Å². The second-order valence-corrected chi connectivity index (χ2v) is 7.45. The second kappa shape index (κ2) is 9.67. The van der Waals surface area contributed by atoms with Gasteiger partial charge in [0.05, 0.1) is 19.3 Å². The van der Waals surface area contributed by atoms with Gasteiger partial charge in [-0.05, 0) is 50.1 Å². The fourth-order valence-corrected chi connectivity index (χ4v) is 3.74. The molecule has 0 unspecified atom stereocenters. The third kappa shape index (κ3) is 5.17. The van der Waals surface area contributed by atoms with Gasteiger partial charge in [-0.2, -0.15) is 0 Å². The molecule has 0 aliphatic carbocycles. The van der Waals surface area contributed by atoms with Crippen LogP contribution >= 0.6 is 11.8 Å². The third-order valence-corrected chi connectivity index (χ3v) is 5.10.